The van der Waals surface area contributed by atoms with Gasteiger partial charge in [-0.3, -0.25) is 10.1 Å². The van der Waals surface area contributed by atoms with Crippen molar-refractivity contribution in [3.05, 3.63) is 76.0 Å². The van der Waals surface area contributed by atoms with Gasteiger partial charge in [0.05, 0.1) is 11.5 Å². The van der Waals surface area contributed by atoms with Gasteiger partial charge in [0.15, 0.2) is 0 Å². The van der Waals surface area contributed by atoms with Gasteiger partial charge in [-0.2, -0.15) is 0 Å². The molecule has 2 N–H and O–H groups in total. The number of nitro groups is 1. The summed E-state index contributed by atoms with van der Waals surface area (Å²) in [6.45, 7) is 1.74. The van der Waals surface area contributed by atoms with Crippen LogP contribution >= 0.6 is 0 Å². The molecule has 0 unspecified atom stereocenters. The Morgan fingerprint density at radius 1 is 1.24 bits per heavy atom. The number of para-hydroxylation sites is 1. The van der Waals surface area contributed by atoms with E-state index in [1.54, 1.807) is 25.3 Å². The van der Waals surface area contributed by atoms with Crippen molar-refractivity contribution in [2.45, 2.75) is 12.5 Å². The van der Waals surface area contributed by atoms with Gasteiger partial charge < -0.3 is 14.8 Å². The molecule has 3 aromatic rings. The number of non-ortho nitro benzene ring substituents is 1. The maximum absolute atomic E-state index is 12.6. The minimum Gasteiger partial charge on any atom is -0.463 e. The lowest BCUT2D eigenvalue weighted by Gasteiger charge is -2.26. The molecule has 25 heavy (non-hydrogen) atoms. The topological polar surface area (TPSA) is 105 Å². The minimum atomic E-state index is -2.08. The molecule has 1 aromatic heterocycles. The van der Waals surface area contributed by atoms with Crippen LogP contribution in [-0.4, -0.2) is 27.6 Å². The second kappa shape index (κ2) is 6.37. The molecule has 0 radical (unpaired) electrons. The number of nitrogens with zero attached hydrogens (tertiary/aromatic N) is 1. The van der Waals surface area contributed by atoms with Crippen molar-refractivity contribution < 1.29 is 19.6 Å². The van der Waals surface area contributed by atoms with Crippen molar-refractivity contribution in [1.82, 2.24) is 4.98 Å². The minimum absolute atomic E-state index is 0.0937. The molecule has 0 aliphatic carbocycles. The zero-order valence-corrected chi connectivity index (χ0v) is 13.4. The van der Waals surface area contributed by atoms with Gasteiger partial charge in [-0.05, 0) is 25.1 Å². The maximum atomic E-state index is 12.6. The fourth-order valence-electron chi connectivity index (χ4n) is 2.81. The molecular weight excluding hydrogens is 324 g/mol. The summed E-state index contributed by atoms with van der Waals surface area (Å²) >= 11 is 0. The standard InChI is InChI=1S/C18H16N2O5/c1-2-25-17(21)18(22,12-7-9-13(10-8-12)20(23)24)15-11-19-16-6-4-3-5-14(15)16/h3-11,19,22H,2H2,1H3/t18-/m1/s1. The first kappa shape index (κ1) is 16.7. The number of hydrogen-bond donors (Lipinski definition) is 2. The third-order valence-corrected chi connectivity index (χ3v) is 4.05. The molecule has 3 rings (SSSR count). The summed E-state index contributed by atoms with van der Waals surface area (Å²) in [5.41, 5.74) is -0.933. The van der Waals surface area contributed by atoms with Crippen molar-refractivity contribution in [2.24, 2.45) is 0 Å². The zero-order chi connectivity index (χ0) is 18.0. The van der Waals surface area contributed by atoms with Crippen molar-refractivity contribution in [2.75, 3.05) is 6.61 Å². The number of benzene rings is 2. The highest BCUT2D eigenvalue weighted by atomic mass is 16.6. The van der Waals surface area contributed by atoms with E-state index in [-0.39, 0.29) is 17.9 Å². The first-order valence-corrected chi connectivity index (χ1v) is 7.69. The Balaban J connectivity index is 2.20. The number of hydrogen-bond acceptors (Lipinski definition) is 5. The molecular formula is C18H16N2O5. The molecule has 1 atom stereocenters. The number of carbonyl (C=O) groups excluding carboxylic acids is 1. The lowest BCUT2D eigenvalue weighted by Crippen LogP contribution is -2.38. The first-order chi connectivity index (χ1) is 12.0. The number of fused-ring (bicyclic) bond motifs is 1. The number of ether oxygens (including phenoxy) is 1. The second-order valence-corrected chi connectivity index (χ2v) is 5.48. The third-order valence-electron chi connectivity index (χ3n) is 4.05. The summed E-state index contributed by atoms with van der Waals surface area (Å²) in [6, 6.07) is 12.4. The highest BCUT2D eigenvalue weighted by molar-refractivity contribution is 5.94. The molecule has 0 aliphatic rings. The smallest absolute Gasteiger partial charge is 0.347 e. The van der Waals surface area contributed by atoms with Crippen LogP contribution in [0.25, 0.3) is 10.9 Å². The van der Waals surface area contributed by atoms with E-state index >= 15 is 0 Å². The Morgan fingerprint density at radius 2 is 1.92 bits per heavy atom. The maximum Gasteiger partial charge on any atom is 0.347 e. The van der Waals surface area contributed by atoms with Crippen molar-refractivity contribution in [1.29, 1.82) is 0 Å². The number of esters is 1. The van der Waals surface area contributed by atoms with E-state index in [2.05, 4.69) is 4.98 Å². The molecule has 0 saturated carbocycles. The summed E-state index contributed by atoms with van der Waals surface area (Å²) in [5, 5.41) is 22.8. The van der Waals surface area contributed by atoms with E-state index < -0.39 is 16.5 Å². The van der Waals surface area contributed by atoms with Crippen LogP contribution in [0.1, 0.15) is 18.1 Å². The van der Waals surface area contributed by atoms with Crippen LogP contribution in [0.2, 0.25) is 0 Å². The number of nitro benzene ring substituents is 1. The Labute approximate surface area is 143 Å². The van der Waals surface area contributed by atoms with E-state index in [1.807, 2.05) is 12.1 Å². The van der Waals surface area contributed by atoms with Crippen LogP contribution in [0.3, 0.4) is 0 Å². The normalized spacial score (nSPS) is 13.4. The second-order valence-electron chi connectivity index (χ2n) is 5.48. The van der Waals surface area contributed by atoms with Crippen LogP contribution in [0, 0.1) is 10.1 Å². The van der Waals surface area contributed by atoms with Crippen molar-refractivity contribution >= 4 is 22.6 Å². The SMILES string of the molecule is CCOC(=O)[C@@](O)(c1ccc([N+](=O)[O-])cc1)c1c[nH]c2ccccc12. The molecule has 0 fully saturated rings. The number of rotatable bonds is 5. The predicted molar refractivity (Wildman–Crippen MR) is 91.0 cm³/mol. The average Bonchev–Trinajstić information content (AvgIpc) is 3.06. The van der Waals surface area contributed by atoms with Crippen LogP contribution in [0.15, 0.2) is 54.7 Å². The number of aliphatic hydroxyl groups is 1. The third kappa shape index (κ3) is 2.74. The average molecular weight is 340 g/mol. The summed E-state index contributed by atoms with van der Waals surface area (Å²) in [5.74, 6) is -0.839. The largest absolute Gasteiger partial charge is 0.463 e. The first-order valence-electron chi connectivity index (χ1n) is 7.69. The van der Waals surface area contributed by atoms with Gasteiger partial charge in [0.1, 0.15) is 0 Å². The van der Waals surface area contributed by atoms with Gasteiger partial charge in [0.25, 0.3) is 5.69 Å². The number of nitrogens with one attached hydrogen (secondary N) is 1. The number of aromatic amines is 1. The molecule has 0 aliphatic heterocycles. The molecule has 128 valence electrons. The van der Waals surface area contributed by atoms with Crippen LogP contribution < -0.4 is 0 Å². The van der Waals surface area contributed by atoms with Crippen molar-refractivity contribution in [3.63, 3.8) is 0 Å². The zero-order valence-electron chi connectivity index (χ0n) is 13.4. The van der Waals surface area contributed by atoms with E-state index in [0.717, 1.165) is 5.52 Å². The Bertz CT molecular complexity index is 932. The van der Waals surface area contributed by atoms with E-state index in [4.69, 9.17) is 4.74 Å². The lowest BCUT2D eigenvalue weighted by molar-refractivity contribution is -0.384. The van der Waals surface area contributed by atoms with Crippen molar-refractivity contribution in [3.8, 4) is 0 Å². The summed E-state index contributed by atoms with van der Waals surface area (Å²) < 4.78 is 5.08. The quantitative estimate of drug-likeness (QED) is 0.422. The van der Waals surface area contributed by atoms with Gasteiger partial charge >= 0.3 is 5.97 Å². The Kier molecular flexibility index (Phi) is 4.24. The molecule has 0 bridgehead atoms. The summed E-state index contributed by atoms with van der Waals surface area (Å²) in [6.07, 6.45) is 1.54. The molecule has 7 heteroatoms. The molecule has 2 aromatic carbocycles. The Hall–Kier alpha value is -3.19. The predicted octanol–water partition coefficient (Wildman–Crippen LogP) is 2.88. The fraction of sp³-hybridized carbons (Fsp3) is 0.167. The van der Waals surface area contributed by atoms with Gasteiger partial charge in [-0.1, -0.05) is 18.2 Å². The molecule has 0 saturated heterocycles. The number of carbonyl (C=O) groups is 1. The van der Waals surface area contributed by atoms with E-state index in [1.165, 1.54) is 24.3 Å². The van der Waals surface area contributed by atoms with E-state index in [0.29, 0.717) is 10.9 Å². The summed E-state index contributed by atoms with van der Waals surface area (Å²) in [7, 11) is 0. The van der Waals surface area contributed by atoms with Gasteiger partial charge in [-0.15, -0.1) is 0 Å². The number of H-pyrrole nitrogens is 1. The van der Waals surface area contributed by atoms with Gasteiger partial charge in [0, 0.05) is 40.4 Å². The monoisotopic (exact) mass is 340 g/mol. The van der Waals surface area contributed by atoms with E-state index in [9.17, 15) is 20.0 Å². The number of aromatic nitrogens is 1. The highest BCUT2D eigenvalue weighted by Crippen LogP contribution is 2.36. The van der Waals surface area contributed by atoms with Gasteiger partial charge in [0.2, 0.25) is 5.60 Å². The van der Waals surface area contributed by atoms with Crippen LogP contribution in [0.5, 0.6) is 0 Å². The van der Waals surface area contributed by atoms with Crippen LogP contribution in [-0.2, 0) is 15.1 Å². The molecule has 0 amide bonds. The lowest BCUT2D eigenvalue weighted by atomic mass is 9.86. The molecule has 7 nitrogen and oxygen atoms in total. The highest BCUT2D eigenvalue weighted by Gasteiger charge is 2.43. The molecule has 0 spiro atoms. The van der Waals surface area contributed by atoms with Crippen LogP contribution in [0.4, 0.5) is 5.69 Å². The fourth-order valence-corrected chi connectivity index (χ4v) is 2.81. The Morgan fingerprint density at radius 3 is 2.56 bits per heavy atom. The molecule has 1 heterocycles. The summed E-state index contributed by atoms with van der Waals surface area (Å²) in [4.78, 5) is 25.9. The van der Waals surface area contributed by atoms with Gasteiger partial charge in [-0.25, -0.2) is 4.79 Å².